The Morgan fingerprint density at radius 2 is 1.88 bits per heavy atom. The predicted molar refractivity (Wildman–Crippen MR) is 164 cm³/mol. The van der Waals surface area contributed by atoms with Gasteiger partial charge in [0.2, 0.25) is 0 Å². The smallest absolute Gasteiger partial charge is 0.163 e. The number of Topliss-reactive ketones (excluding diaryl/α,β-unsaturated/α-hetero) is 1. The van der Waals surface area contributed by atoms with Gasteiger partial charge in [0.25, 0.3) is 0 Å². The Balaban J connectivity index is 1.35. The molecule has 4 aromatic rings. The summed E-state index contributed by atoms with van der Waals surface area (Å²) in [5.74, 6) is 3.66. The number of aryl methyl sites for hydroxylation is 1. The van der Waals surface area contributed by atoms with E-state index in [1.54, 1.807) is 18.9 Å². The molecule has 1 aromatic heterocycles. The predicted octanol–water partition coefficient (Wildman–Crippen LogP) is 7.68. The highest BCUT2D eigenvalue weighted by Crippen LogP contribution is 2.37. The highest BCUT2D eigenvalue weighted by molar-refractivity contribution is 7.98. The molecule has 1 N–H and O–H groups in total. The van der Waals surface area contributed by atoms with Crippen LogP contribution in [0.25, 0.3) is 16.7 Å². The molecule has 0 spiro atoms. The Bertz CT molecular complexity index is 1560. The second-order valence-corrected chi connectivity index (χ2v) is 11.9. The molecule has 3 aromatic carbocycles. The van der Waals surface area contributed by atoms with E-state index in [0.717, 1.165) is 88.3 Å². The van der Waals surface area contributed by atoms with E-state index in [1.165, 1.54) is 12.8 Å². The summed E-state index contributed by atoms with van der Waals surface area (Å²) in [5, 5.41) is 3.67. The van der Waals surface area contributed by atoms with E-state index in [2.05, 4.69) is 16.0 Å². The summed E-state index contributed by atoms with van der Waals surface area (Å²) >= 11 is 1.62. The van der Waals surface area contributed by atoms with Gasteiger partial charge in [-0.05, 0) is 92.7 Å². The van der Waals surface area contributed by atoms with Crippen molar-refractivity contribution in [2.45, 2.75) is 43.9 Å². The number of hydrogen-bond acceptors (Lipinski definition) is 7. The second-order valence-electron chi connectivity index (χ2n) is 11.1. The largest absolute Gasteiger partial charge is 0.496 e. The molecule has 7 nitrogen and oxygen atoms in total. The van der Waals surface area contributed by atoms with Gasteiger partial charge in [0.05, 0.1) is 23.2 Å². The molecule has 1 aliphatic carbocycles. The molecule has 2 aliphatic rings. The summed E-state index contributed by atoms with van der Waals surface area (Å²) in [6, 6.07) is 16.0. The maximum absolute atomic E-state index is 12.8. The highest BCUT2D eigenvalue weighted by Gasteiger charge is 2.25. The average molecular weight is 572 g/mol. The molecule has 0 atom stereocenters. The number of hydrogen-bond donors (Lipinski definition) is 1. The Hall–Kier alpha value is -3.49. The van der Waals surface area contributed by atoms with Crippen LogP contribution in [0.2, 0.25) is 0 Å². The Labute approximate surface area is 245 Å². The van der Waals surface area contributed by atoms with Gasteiger partial charge in [-0.3, -0.25) is 9.36 Å². The molecular weight excluding hydrogens is 534 g/mol. The monoisotopic (exact) mass is 571 g/mol. The maximum atomic E-state index is 12.8. The molecule has 0 unspecified atom stereocenters. The minimum atomic E-state index is 0.242. The molecule has 8 heteroatoms. The Morgan fingerprint density at radius 3 is 2.61 bits per heavy atom. The number of fused-ring (bicyclic) bond motifs is 1. The fourth-order valence-corrected chi connectivity index (χ4v) is 6.10. The lowest BCUT2D eigenvalue weighted by atomic mass is 10.00. The molecule has 2 heterocycles. The number of ketones is 1. The zero-order valence-corrected chi connectivity index (χ0v) is 24.8. The summed E-state index contributed by atoms with van der Waals surface area (Å²) < 4.78 is 19.5. The molecule has 41 heavy (non-hydrogen) atoms. The lowest BCUT2D eigenvalue weighted by Crippen LogP contribution is -2.22. The molecule has 0 bridgehead atoms. The van der Waals surface area contributed by atoms with Crippen molar-refractivity contribution in [1.82, 2.24) is 9.55 Å². The normalized spacial score (nSPS) is 15.7. The molecule has 2 fully saturated rings. The summed E-state index contributed by atoms with van der Waals surface area (Å²) in [6.07, 6.45) is 8.98. The van der Waals surface area contributed by atoms with Crippen LogP contribution in [0, 0.1) is 18.8 Å². The Morgan fingerprint density at radius 1 is 1.05 bits per heavy atom. The molecule has 1 aliphatic heterocycles. The number of anilines is 1. The van der Waals surface area contributed by atoms with Crippen LogP contribution in [0.15, 0.2) is 59.8 Å². The number of imidazole rings is 1. The van der Waals surface area contributed by atoms with E-state index in [4.69, 9.17) is 19.2 Å². The quantitative estimate of drug-likeness (QED) is 0.146. The molecule has 214 valence electrons. The van der Waals surface area contributed by atoms with Crippen LogP contribution in [0.1, 0.15) is 48.0 Å². The fraction of sp³-hybridized carbons (Fsp3) is 0.394. The van der Waals surface area contributed by atoms with Gasteiger partial charge in [0.1, 0.15) is 29.1 Å². The summed E-state index contributed by atoms with van der Waals surface area (Å²) in [7, 11) is 1.68. The fourth-order valence-electron chi connectivity index (χ4n) is 5.52. The van der Waals surface area contributed by atoms with E-state index in [9.17, 15) is 4.79 Å². The van der Waals surface area contributed by atoms with Crippen molar-refractivity contribution in [2.75, 3.05) is 38.4 Å². The third-order valence-corrected chi connectivity index (χ3v) is 8.86. The van der Waals surface area contributed by atoms with Crippen molar-refractivity contribution in [2.24, 2.45) is 11.8 Å². The van der Waals surface area contributed by atoms with Crippen LogP contribution in [-0.2, 0) is 4.74 Å². The number of carbonyl (C=O) groups is 1. The Kier molecular flexibility index (Phi) is 8.21. The van der Waals surface area contributed by atoms with Crippen LogP contribution in [0.4, 0.5) is 5.69 Å². The number of nitrogens with one attached hydrogen (secondary N) is 1. The zero-order valence-electron chi connectivity index (χ0n) is 23.9. The van der Waals surface area contributed by atoms with Crippen LogP contribution in [0.5, 0.6) is 17.2 Å². The van der Waals surface area contributed by atoms with Crippen molar-refractivity contribution >= 4 is 34.3 Å². The molecule has 1 saturated carbocycles. The van der Waals surface area contributed by atoms with Gasteiger partial charge in [-0.25, -0.2) is 4.98 Å². The highest BCUT2D eigenvalue weighted by atomic mass is 32.2. The van der Waals surface area contributed by atoms with Crippen molar-refractivity contribution in [3.05, 3.63) is 66.0 Å². The minimum Gasteiger partial charge on any atom is -0.496 e. The van der Waals surface area contributed by atoms with E-state index < -0.39 is 0 Å². The first-order valence-corrected chi connectivity index (χ1v) is 15.6. The summed E-state index contributed by atoms with van der Waals surface area (Å²) in [4.78, 5) is 18.7. The number of ether oxygens (including phenoxy) is 3. The van der Waals surface area contributed by atoms with Gasteiger partial charge in [0, 0.05) is 49.6 Å². The van der Waals surface area contributed by atoms with Gasteiger partial charge >= 0.3 is 0 Å². The van der Waals surface area contributed by atoms with Gasteiger partial charge in [-0.2, -0.15) is 0 Å². The number of methoxy groups -OCH3 is 1. The number of rotatable bonds is 11. The molecule has 6 rings (SSSR count). The lowest BCUT2D eigenvalue weighted by Gasteiger charge is -2.23. The number of benzene rings is 3. The molecular formula is C33H37N3O4S. The van der Waals surface area contributed by atoms with Gasteiger partial charge in [-0.15, -0.1) is 11.8 Å². The average Bonchev–Trinajstić information content (AvgIpc) is 3.71. The van der Waals surface area contributed by atoms with Crippen molar-refractivity contribution < 1.29 is 19.0 Å². The third kappa shape index (κ3) is 6.23. The first-order valence-electron chi connectivity index (χ1n) is 14.4. The summed E-state index contributed by atoms with van der Waals surface area (Å²) in [5.41, 5.74) is 5.53. The van der Waals surface area contributed by atoms with E-state index >= 15 is 0 Å². The number of carbonyl (C=O) groups excluding carboxylic acids is 1. The topological polar surface area (TPSA) is 74.6 Å². The number of thioether (sulfide) groups is 1. The minimum absolute atomic E-state index is 0.242. The standard InChI is InChI=1S/C33H37N3O4S/c1-21-14-24(6-8-27(21)30(37)15-22-4-5-22)36-20-35-33-28(34-19-23-10-12-39-13-11-23)16-26(17-29(33)36)40-25-7-9-31(38-2)32(18-25)41-3/h6-9,14,16-18,20,22-23,34H,4-5,10-13,15,19H2,1-3H3. The van der Waals surface area contributed by atoms with Gasteiger partial charge in [0.15, 0.2) is 5.78 Å². The first kappa shape index (κ1) is 27.7. The zero-order chi connectivity index (χ0) is 28.3. The van der Waals surface area contributed by atoms with Crippen LogP contribution >= 0.6 is 11.8 Å². The van der Waals surface area contributed by atoms with Crippen LogP contribution < -0.4 is 14.8 Å². The van der Waals surface area contributed by atoms with Crippen LogP contribution in [0.3, 0.4) is 0 Å². The van der Waals surface area contributed by atoms with Crippen molar-refractivity contribution in [3.63, 3.8) is 0 Å². The van der Waals surface area contributed by atoms with Gasteiger partial charge in [-0.1, -0.05) is 0 Å². The maximum Gasteiger partial charge on any atom is 0.163 e. The van der Waals surface area contributed by atoms with E-state index in [-0.39, 0.29) is 5.78 Å². The van der Waals surface area contributed by atoms with E-state index in [0.29, 0.717) is 18.3 Å². The lowest BCUT2D eigenvalue weighted by molar-refractivity contribution is 0.0699. The number of nitrogens with zero attached hydrogens (tertiary/aromatic N) is 2. The second kappa shape index (κ2) is 12.2. The summed E-state index contributed by atoms with van der Waals surface area (Å²) in [6.45, 7) is 4.50. The molecule has 0 radical (unpaired) electrons. The van der Waals surface area contributed by atoms with E-state index in [1.807, 2.05) is 62.0 Å². The molecule has 0 amide bonds. The first-order chi connectivity index (χ1) is 20.0. The van der Waals surface area contributed by atoms with Gasteiger partial charge < -0.3 is 19.5 Å². The number of aromatic nitrogens is 2. The van der Waals surface area contributed by atoms with Crippen molar-refractivity contribution in [1.29, 1.82) is 0 Å². The molecule has 1 saturated heterocycles. The third-order valence-electron chi connectivity index (χ3n) is 8.10. The SMILES string of the molecule is COc1ccc(Oc2cc(NCC3CCOCC3)c3ncn(-c4ccc(C(=O)CC5CC5)c(C)c4)c3c2)cc1SC. The van der Waals surface area contributed by atoms with Crippen LogP contribution in [-0.4, -0.2) is 48.5 Å². The van der Waals surface area contributed by atoms with Crippen molar-refractivity contribution in [3.8, 4) is 22.9 Å².